The third kappa shape index (κ3) is 3.18. The molecule has 0 spiro atoms. The Morgan fingerprint density at radius 3 is 2.71 bits per heavy atom. The molecule has 0 bridgehead atoms. The third-order valence-electron chi connectivity index (χ3n) is 4.77. The molecule has 2 fully saturated rings. The first-order valence-corrected chi connectivity index (χ1v) is 7.90. The van der Waals surface area contributed by atoms with E-state index in [9.17, 15) is 4.79 Å². The maximum Gasteiger partial charge on any atom is 0.230 e. The lowest BCUT2D eigenvalue weighted by Crippen LogP contribution is -2.56. The van der Waals surface area contributed by atoms with Gasteiger partial charge in [0.1, 0.15) is 0 Å². The summed E-state index contributed by atoms with van der Waals surface area (Å²) in [7, 11) is 0. The number of nitrogen functional groups attached to an aromatic ring is 1. The summed E-state index contributed by atoms with van der Waals surface area (Å²) in [6.07, 6.45) is 8.31. The van der Waals surface area contributed by atoms with E-state index in [-0.39, 0.29) is 11.8 Å². The minimum absolute atomic E-state index is 0.0899. The molecule has 1 saturated carbocycles. The van der Waals surface area contributed by atoms with Gasteiger partial charge in [0.15, 0.2) is 0 Å². The number of nitrogens with zero attached hydrogens (tertiary/aromatic N) is 2. The van der Waals surface area contributed by atoms with Gasteiger partial charge in [0.25, 0.3) is 0 Å². The van der Waals surface area contributed by atoms with E-state index >= 15 is 0 Å². The fraction of sp³-hybridized carbons (Fsp3) is 0.625. The highest BCUT2D eigenvalue weighted by molar-refractivity contribution is 5.93. The lowest BCUT2D eigenvalue weighted by molar-refractivity contribution is -0.126. The average Bonchev–Trinajstić information content (AvgIpc) is 2.42. The second-order valence-corrected chi connectivity index (χ2v) is 6.33. The Morgan fingerprint density at radius 2 is 2.05 bits per heavy atom. The quantitative estimate of drug-likeness (QED) is 0.894. The van der Waals surface area contributed by atoms with Crippen LogP contribution in [-0.4, -0.2) is 34.9 Å². The smallest absolute Gasteiger partial charge is 0.230 e. The van der Waals surface area contributed by atoms with Crippen molar-refractivity contribution in [2.75, 3.05) is 24.1 Å². The fourth-order valence-electron chi connectivity index (χ4n) is 3.29. The minimum Gasteiger partial charge on any atom is -0.397 e. The molecule has 2 heterocycles. The van der Waals surface area contributed by atoms with E-state index < -0.39 is 0 Å². The van der Waals surface area contributed by atoms with Crippen LogP contribution < -0.4 is 11.1 Å². The van der Waals surface area contributed by atoms with Gasteiger partial charge in [0.05, 0.1) is 29.2 Å². The zero-order valence-corrected chi connectivity index (χ0v) is 12.6. The number of likely N-dealkylation sites (tertiary alicyclic amines) is 1. The standard InChI is InChI=1S/C16H24N4O/c1-11-15(17)7-13(8-18-11)19-16(21)12-9-20(10-12)14-5-3-2-4-6-14/h7-8,12,14H,2-6,9-10,17H2,1H3,(H,19,21). The number of hydrogen-bond acceptors (Lipinski definition) is 4. The van der Waals surface area contributed by atoms with Crippen LogP contribution in [0.2, 0.25) is 0 Å². The SMILES string of the molecule is Cc1ncc(NC(=O)C2CN(C3CCCCC3)C2)cc1N. The molecule has 0 aromatic carbocycles. The molecule has 1 aromatic rings. The predicted molar refractivity (Wildman–Crippen MR) is 84.0 cm³/mol. The average molecular weight is 288 g/mol. The highest BCUT2D eigenvalue weighted by Crippen LogP contribution is 2.29. The van der Waals surface area contributed by atoms with Gasteiger partial charge in [-0.3, -0.25) is 14.7 Å². The van der Waals surface area contributed by atoms with Crippen molar-refractivity contribution in [3.63, 3.8) is 0 Å². The van der Waals surface area contributed by atoms with E-state index in [1.807, 2.05) is 6.92 Å². The zero-order chi connectivity index (χ0) is 14.8. The van der Waals surface area contributed by atoms with E-state index in [0.717, 1.165) is 18.8 Å². The van der Waals surface area contributed by atoms with E-state index in [0.29, 0.717) is 17.4 Å². The number of anilines is 2. The molecule has 0 unspecified atom stereocenters. The highest BCUT2D eigenvalue weighted by Gasteiger charge is 2.36. The number of hydrogen-bond donors (Lipinski definition) is 2. The molecule has 0 radical (unpaired) electrons. The lowest BCUT2D eigenvalue weighted by Gasteiger charge is -2.44. The van der Waals surface area contributed by atoms with E-state index in [1.165, 1.54) is 32.1 Å². The Labute approximate surface area is 125 Å². The van der Waals surface area contributed by atoms with Gasteiger partial charge in [-0.15, -0.1) is 0 Å². The van der Waals surface area contributed by atoms with Crippen molar-refractivity contribution in [3.8, 4) is 0 Å². The number of nitrogens with two attached hydrogens (primary N) is 1. The summed E-state index contributed by atoms with van der Waals surface area (Å²) < 4.78 is 0. The van der Waals surface area contributed by atoms with Crippen molar-refractivity contribution in [3.05, 3.63) is 18.0 Å². The highest BCUT2D eigenvalue weighted by atomic mass is 16.2. The van der Waals surface area contributed by atoms with Crippen LogP contribution in [0.25, 0.3) is 0 Å². The van der Waals surface area contributed by atoms with Crippen molar-refractivity contribution in [1.82, 2.24) is 9.88 Å². The summed E-state index contributed by atoms with van der Waals surface area (Å²) >= 11 is 0. The molecule has 1 aliphatic carbocycles. The molecule has 5 heteroatoms. The minimum atomic E-state index is 0.0899. The summed E-state index contributed by atoms with van der Waals surface area (Å²) in [6, 6.07) is 2.48. The molecule has 114 valence electrons. The number of rotatable bonds is 3. The van der Waals surface area contributed by atoms with Gasteiger partial charge in [-0.05, 0) is 25.8 Å². The first-order chi connectivity index (χ1) is 10.1. The second kappa shape index (κ2) is 6.02. The fourth-order valence-corrected chi connectivity index (χ4v) is 3.29. The molecule has 3 N–H and O–H groups in total. The first kappa shape index (κ1) is 14.3. The molecular formula is C16H24N4O. The normalized spacial score (nSPS) is 21.0. The van der Waals surface area contributed by atoms with Gasteiger partial charge in [0.2, 0.25) is 5.91 Å². The van der Waals surface area contributed by atoms with Gasteiger partial charge in [-0.2, -0.15) is 0 Å². The van der Waals surface area contributed by atoms with Crippen LogP contribution in [0.3, 0.4) is 0 Å². The molecular weight excluding hydrogens is 264 g/mol. The van der Waals surface area contributed by atoms with Gasteiger partial charge >= 0.3 is 0 Å². The van der Waals surface area contributed by atoms with Crippen LogP contribution in [-0.2, 0) is 4.79 Å². The summed E-state index contributed by atoms with van der Waals surface area (Å²) in [5, 5.41) is 2.93. The Morgan fingerprint density at radius 1 is 1.33 bits per heavy atom. The largest absolute Gasteiger partial charge is 0.397 e. The molecule has 1 saturated heterocycles. The van der Waals surface area contributed by atoms with E-state index in [2.05, 4.69) is 15.2 Å². The van der Waals surface area contributed by atoms with Crippen molar-refractivity contribution < 1.29 is 4.79 Å². The summed E-state index contributed by atoms with van der Waals surface area (Å²) in [5.41, 5.74) is 7.92. The maximum absolute atomic E-state index is 12.2. The summed E-state index contributed by atoms with van der Waals surface area (Å²) in [4.78, 5) is 18.8. The topological polar surface area (TPSA) is 71.2 Å². The van der Waals surface area contributed by atoms with Crippen LogP contribution >= 0.6 is 0 Å². The van der Waals surface area contributed by atoms with Crippen molar-refractivity contribution in [2.45, 2.75) is 45.1 Å². The van der Waals surface area contributed by atoms with Gasteiger partial charge < -0.3 is 11.1 Å². The maximum atomic E-state index is 12.2. The lowest BCUT2D eigenvalue weighted by atomic mass is 9.88. The number of aryl methyl sites for hydroxylation is 1. The van der Waals surface area contributed by atoms with Crippen LogP contribution in [0.4, 0.5) is 11.4 Å². The number of aromatic nitrogens is 1. The number of pyridine rings is 1. The van der Waals surface area contributed by atoms with Crippen LogP contribution in [0.15, 0.2) is 12.3 Å². The Balaban J connectivity index is 1.50. The first-order valence-electron chi connectivity index (χ1n) is 7.90. The summed E-state index contributed by atoms with van der Waals surface area (Å²) in [6.45, 7) is 3.64. The Kier molecular flexibility index (Phi) is 4.10. The van der Waals surface area contributed by atoms with Crippen LogP contribution in [0.5, 0.6) is 0 Å². The molecule has 1 amide bonds. The molecule has 2 aliphatic rings. The van der Waals surface area contributed by atoms with Crippen molar-refractivity contribution in [1.29, 1.82) is 0 Å². The molecule has 21 heavy (non-hydrogen) atoms. The number of nitrogens with one attached hydrogen (secondary N) is 1. The van der Waals surface area contributed by atoms with E-state index in [1.54, 1.807) is 12.3 Å². The molecule has 0 atom stereocenters. The molecule has 1 aromatic heterocycles. The number of carbonyl (C=O) groups is 1. The van der Waals surface area contributed by atoms with Crippen molar-refractivity contribution in [2.24, 2.45) is 5.92 Å². The zero-order valence-electron chi connectivity index (χ0n) is 12.6. The second-order valence-electron chi connectivity index (χ2n) is 6.33. The van der Waals surface area contributed by atoms with Gasteiger partial charge in [0, 0.05) is 19.1 Å². The molecule has 1 aliphatic heterocycles. The van der Waals surface area contributed by atoms with E-state index in [4.69, 9.17) is 5.73 Å². The predicted octanol–water partition coefficient (Wildman–Crippen LogP) is 2.18. The van der Waals surface area contributed by atoms with Gasteiger partial charge in [-0.25, -0.2) is 0 Å². The third-order valence-corrected chi connectivity index (χ3v) is 4.77. The molecule has 5 nitrogen and oxygen atoms in total. The van der Waals surface area contributed by atoms with Gasteiger partial charge in [-0.1, -0.05) is 19.3 Å². The van der Waals surface area contributed by atoms with Crippen LogP contribution in [0.1, 0.15) is 37.8 Å². The number of amides is 1. The van der Waals surface area contributed by atoms with Crippen molar-refractivity contribution >= 4 is 17.3 Å². The summed E-state index contributed by atoms with van der Waals surface area (Å²) in [5.74, 6) is 0.196. The Bertz CT molecular complexity index is 519. The monoisotopic (exact) mass is 288 g/mol. The Hall–Kier alpha value is -1.62. The number of carbonyl (C=O) groups excluding carboxylic acids is 1. The van der Waals surface area contributed by atoms with Crippen LogP contribution in [0, 0.1) is 12.8 Å². The molecule has 3 rings (SSSR count).